The highest BCUT2D eigenvalue weighted by Crippen LogP contribution is 2.19. The van der Waals surface area contributed by atoms with Crippen LogP contribution < -0.4 is 10.9 Å². The second-order valence-electron chi connectivity index (χ2n) is 5.12. The molecule has 0 fully saturated rings. The van der Waals surface area contributed by atoms with Gasteiger partial charge in [0, 0.05) is 29.0 Å². The van der Waals surface area contributed by atoms with Crippen molar-refractivity contribution in [2.24, 2.45) is 0 Å². The number of nitrogens with zero attached hydrogens (tertiary/aromatic N) is 2. The SMILES string of the molecule is Cc1cc(C(=O)NNC(=O)c2ccncc2)c2cc(F)ccc2n1. The van der Waals surface area contributed by atoms with Crippen LogP contribution >= 0.6 is 0 Å². The third-order valence-electron chi connectivity index (χ3n) is 3.38. The molecule has 0 saturated carbocycles. The summed E-state index contributed by atoms with van der Waals surface area (Å²) in [5.41, 5.74) is 6.34. The largest absolute Gasteiger partial charge is 0.270 e. The van der Waals surface area contributed by atoms with Crippen molar-refractivity contribution in [3.63, 3.8) is 0 Å². The van der Waals surface area contributed by atoms with Crippen molar-refractivity contribution < 1.29 is 14.0 Å². The zero-order valence-electron chi connectivity index (χ0n) is 12.7. The topological polar surface area (TPSA) is 84.0 Å². The van der Waals surface area contributed by atoms with Crippen LogP contribution in [0.5, 0.6) is 0 Å². The molecule has 2 amide bonds. The van der Waals surface area contributed by atoms with Crippen LogP contribution in [0.2, 0.25) is 0 Å². The highest BCUT2D eigenvalue weighted by molar-refractivity contribution is 6.07. The second-order valence-corrected chi connectivity index (χ2v) is 5.12. The average Bonchev–Trinajstić information content (AvgIpc) is 2.59. The number of amides is 2. The minimum absolute atomic E-state index is 0.229. The third kappa shape index (κ3) is 3.19. The number of hydrogen-bond acceptors (Lipinski definition) is 4. The van der Waals surface area contributed by atoms with E-state index in [9.17, 15) is 14.0 Å². The Labute approximate surface area is 136 Å². The molecule has 0 aliphatic carbocycles. The Morgan fingerprint density at radius 2 is 1.71 bits per heavy atom. The Morgan fingerprint density at radius 3 is 2.46 bits per heavy atom. The number of hydrazine groups is 1. The molecule has 120 valence electrons. The number of pyridine rings is 2. The molecule has 1 aromatic carbocycles. The quantitative estimate of drug-likeness (QED) is 0.708. The summed E-state index contributed by atoms with van der Waals surface area (Å²) in [5, 5.41) is 0.372. The van der Waals surface area contributed by atoms with E-state index < -0.39 is 17.6 Å². The molecular weight excluding hydrogens is 311 g/mol. The lowest BCUT2D eigenvalue weighted by Crippen LogP contribution is -2.41. The number of hydrogen-bond donors (Lipinski definition) is 2. The van der Waals surface area contributed by atoms with Gasteiger partial charge in [-0.25, -0.2) is 4.39 Å². The Bertz CT molecular complexity index is 929. The molecule has 0 unspecified atom stereocenters. The molecule has 0 radical (unpaired) electrons. The Morgan fingerprint density at radius 1 is 1.00 bits per heavy atom. The van der Waals surface area contributed by atoms with Gasteiger partial charge in [-0.1, -0.05) is 0 Å². The lowest BCUT2D eigenvalue weighted by molar-refractivity contribution is 0.0847. The zero-order valence-corrected chi connectivity index (χ0v) is 12.7. The van der Waals surface area contributed by atoms with Crippen LogP contribution in [0.1, 0.15) is 26.4 Å². The molecule has 3 rings (SSSR count). The molecule has 2 aromatic heterocycles. The molecule has 0 spiro atoms. The summed E-state index contributed by atoms with van der Waals surface area (Å²) in [6, 6.07) is 8.59. The fourth-order valence-electron chi connectivity index (χ4n) is 2.27. The van der Waals surface area contributed by atoms with Crippen molar-refractivity contribution in [2.45, 2.75) is 6.92 Å². The zero-order chi connectivity index (χ0) is 17.1. The number of rotatable bonds is 2. The maximum Gasteiger partial charge on any atom is 0.270 e. The lowest BCUT2D eigenvalue weighted by atomic mass is 10.1. The summed E-state index contributed by atoms with van der Waals surface area (Å²) < 4.78 is 13.5. The fraction of sp³-hybridized carbons (Fsp3) is 0.0588. The van der Waals surface area contributed by atoms with Gasteiger partial charge < -0.3 is 0 Å². The highest BCUT2D eigenvalue weighted by Gasteiger charge is 2.14. The number of aromatic nitrogens is 2. The first-order valence-electron chi connectivity index (χ1n) is 7.12. The van der Waals surface area contributed by atoms with E-state index >= 15 is 0 Å². The van der Waals surface area contributed by atoms with Gasteiger partial charge in [0.15, 0.2) is 0 Å². The van der Waals surface area contributed by atoms with Crippen molar-refractivity contribution in [1.29, 1.82) is 0 Å². The number of carbonyl (C=O) groups is 2. The van der Waals surface area contributed by atoms with Crippen molar-refractivity contribution in [3.05, 3.63) is 71.4 Å². The first-order chi connectivity index (χ1) is 11.5. The van der Waals surface area contributed by atoms with Gasteiger partial charge in [0.25, 0.3) is 11.8 Å². The van der Waals surface area contributed by atoms with Crippen molar-refractivity contribution in [1.82, 2.24) is 20.8 Å². The van der Waals surface area contributed by atoms with E-state index in [0.717, 1.165) is 0 Å². The van der Waals surface area contributed by atoms with Crippen molar-refractivity contribution in [3.8, 4) is 0 Å². The molecule has 0 saturated heterocycles. The molecule has 0 atom stereocenters. The summed E-state index contributed by atoms with van der Waals surface area (Å²) in [7, 11) is 0. The summed E-state index contributed by atoms with van der Waals surface area (Å²) in [6.07, 6.45) is 2.94. The summed E-state index contributed by atoms with van der Waals surface area (Å²) in [4.78, 5) is 32.4. The minimum Gasteiger partial charge on any atom is -0.267 e. The van der Waals surface area contributed by atoms with Crippen LogP contribution in [-0.2, 0) is 0 Å². The lowest BCUT2D eigenvalue weighted by Gasteiger charge is -2.10. The third-order valence-corrected chi connectivity index (χ3v) is 3.38. The number of halogens is 1. The first kappa shape index (κ1) is 15.5. The van der Waals surface area contributed by atoms with E-state index in [1.165, 1.54) is 48.8 Å². The maximum absolute atomic E-state index is 13.5. The van der Waals surface area contributed by atoms with E-state index in [1.807, 2.05) is 0 Å². The molecule has 2 N–H and O–H groups in total. The molecule has 0 aliphatic heterocycles. The van der Waals surface area contributed by atoms with Crippen molar-refractivity contribution in [2.75, 3.05) is 0 Å². The summed E-state index contributed by atoms with van der Waals surface area (Å²) >= 11 is 0. The number of benzene rings is 1. The number of aryl methyl sites for hydroxylation is 1. The van der Waals surface area contributed by atoms with E-state index in [4.69, 9.17) is 0 Å². The van der Waals surface area contributed by atoms with Gasteiger partial charge in [-0.05, 0) is 43.3 Å². The van der Waals surface area contributed by atoms with E-state index in [-0.39, 0.29) is 5.56 Å². The predicted octanol–water partition coefficient (Wildman–Crippen LogP) is 2.15. The number of nitrogens with one attached hydrogen (secondary N) is 2. The molecule has 0 bridgehead atoms. The summed E-state index contributed by atoms with van der Waals surface area (Å²) in [6.45, 7) is 1.73. The summed E-state index contributed by atoms with van der Waals surface area (Å²) in [5.74, 6) is -1.51. The molecule has 2 heterocycles. The van der Waals surface area contributed by atoms with Gasteiger partial charge in [0.05, 0.1) is 11.1 Å². The molecule has 24 heavy (non-hydrogen) atoms. The minimum atomic E-state index is -0.557. The molecule has 3 aromatic rings. The van der Waals surface area contributed by atoms with Gasteiger partial charge >= 0.3 is 0 Å². The molecule has 6 nitrogen and oxygen atoms in total. The number of fused-ring (bicyclic) bond motifs is 1. The molecule has 0 aliphatic rings. The standard InChI is InChI=1S/C17H13FN4O2/c1-10-8-14(13-9-12(18)2-3-15(13)20-10)17(24)22-21-16(23)11-4-6-19-7-5-11/h2-9H,1H3,(H,21,23)(H,22,24). The fourth-order valence-corrected chi connectivity index (χ4v) is 2.27. The Kier molecular flexibility index (Phi) is 4.15. The van der Waals surface area contributed by atoms with E-state index in [2.05, 4.69) is 20.8 Å². The van der Waals surface area contributed by atoms with Crippen LogP contribution in [0.3, 0.4) is 0 Å². The molecular formula is C17H13FN4O2. The van der Waals surface area contributed by atoms with E-state index in [0.29, 0.717) is 22.2 Å². The van der Waals surface area contributed by atoms with Crippen LogP contribution in [0.15, 0.2) is 48.8 Å². The monoisotopic (exact) mass is 324 g/mol. The van der Waals surface area contributed by atoms with E-state index in [1.54, 1.807) is 6.92 Å². The Hall–Kier alpha value is -3.35. The maximum atomic E-state index is 13.5. The van der Waals surface area contributed by atoms with Gasteiger partial charge in [-0.3, -0.25) is 30.4 Å². The van der Waals surface area contributed by atoms with Crippen LogP contribution in [-0.4, -0.2) is 21.8 Å². The smallest absolute Gasteiger partial charge is 0.267 e. The van der Waals surface area contributed by atoms with Gasteiger partial charge in [0.1, 0.15) is 5.82 Å². The van der Waals surface area contributed by atoms with Gasteiger partial charge in [-0.2, -0.15) is 0 Å². The molecule has 7 heteroatoms. The second kappa shape index (κ2) is 6.41. The Balaban J connectivity index is 1.84. The van der Waals surface area contributed by atoms with Crippen LogP contribution in [0.25, 0.3) is 10.9 Å². The number of carbonyl (C=O) groups excluding carboxylic acids is 2. The van der Waals surface area contributed by atoms with Crippen LogP contribution in [0, 0.1) is 12.7 Å². The highest BCUT2D eigenvalue weighted by atomic mass is 19.1. The van der Waals surface area contributed by atoms with Crippen molar-refractivity contribution >= 4 is 22.7 Å². The predicted molar refractivity (Wildman–Crippen MR) is 85.6 cm³/mol. The first-order valence-corrected chi connectivity index (χ1v) is 7.12. The van der Waals surface area contributed by atoms with Gasteiger partial charge in [0.2, 0.25) is 0 Å². The normalized spacial score (nSPS) is 10.4. The van der Waals surface area contributed by atoms with Crippen LogP contribution in [0.4, 0.5) is 4.39 Å². The average molecular weight is 324 g/mol. The van der Waals surface area contributed by atoms with Gasteiger partial charge in [-0.15, -0.1) is 0 Å².